The topological polar surface area (TPSA) is 131 Å². The van der Waals surface area contributed by atoms with Crippen LogP contribution < -0.4 is 21.1 Å². The average Bonchev–Trinajstić information content (AvgIpc) is 3.29. The molecule has 2 amide bonds. The van der Waals surface area contributed by atoms with Crippen molar-refractivity contribution < 1.29 is 22.7 Å². The van der Waals surface area contributed by atoms with E-state index in [0.29, 0.717) is 19.5 Å². The van der Waals surface area contributed by atoms with Crippen LogP contribution >= 0.6 is 23.2 Å². The van der Waals surface area contributed by atoms with Crippen LogP contribution in [0.1, 0.15) is 39.0 Å². The van der Waals surface area contributed by atoms with Crippen LogP contribution in [-0.4, -0.2) is 62.9 Å². The summed E-state index contributed by atoms with van der Waals surface area (Å²) in [6, 6.07) is 2.00. The molecule has 0 aliphatic carbocycles. The third-order valence-corrected chi connectivity index (χ3v) is 8.40. The third kappa shape index (κ3) is 6.30. The molecule has 0 saturated carbocycles. The van der Waals surface area contributed by atoms with E-state index in [0.717, 1.165) is 30.2 Å². The summed E-state index contributed by atoms with van der Waals surface area (Å²) in [5.74, 6) is -1.45. The average molecular weight is 521 g/mol. The highest BCUT2D eigenvalue weighted by Crippen LogP contribution is 2.38. The Morgan fingerprint density at radius 3 is 2.30 bits per heavy atom. The highest BCUT2D eigenvalue weighted by molar-refractivity contribution is 7.89. The smallest absolute Gasteiger partial charge is 0.266 e. The Labute approximate surface area is 204 Å². The summed E-state index contributed by atoms with van der Waals surface area (Å²) in [6.45, 7) is 4.16. The number of ether oxygens (including phenoxy) is 1. The quantitative estimate of drug-likeness (QED) is 0.453. The number of piperidine rings is 1. The van der Waals surface area contributed by atoms with E-state index in [1.54, 1.807) is 6.92 Å². The molecule has 3 rings (SSSR count). The van der Waals surface area contributed by atoms with Crippen LogP contribution in [0.4, 0.5) is 0 Å². The molecule has 1 aromatic rings. The van der Waals surface area contributed by atoms with E-state index < -0.39 is 33.8 Å². The van der Waals surface area contributed by atoms with E-state index >= 15 is 0 Å². The molecule has 2 saturated heterocycles. The van der Waals surface area contributed by atoms with E-state index in [-0.39, 0.29) is 39.6 Å². The number of hydrogen-bond acceptors (Lipinski definition) is 7. The van der Waals surface area contributed by atoms with Gasteiger partial charge in [0.1, 0.15) is 6.10 Å². The lowest BCUT2D eigenvalue weighted by molar-refractivity contribution is -0.128. The number of nitrogens with two attached hydrogens (primary N) is 1. The fourth-order valence-corrected chi connectivity index (χ4v) is 6.36. The molecule has 0 aromatic heterocycles. The molecule has 2 atom stereocenters. The fraction of sp³-hybridized carbons (Fsp3) is 0.619. The molecule has 2 aliphatic heterocycles. The van der Waals surface area contributed by atoms with Crippen LogP contribution in [0.25, 0.3) is 0 Å². The summed E-state index contributed by atoms with van der Waals surface area (Å²) in [6.07, 6.45) is 2.01. The van der Waals surface area contributed by atoms with Gasteiger partial charge in [-0.15, -0.1) is 0 Å². The van der Waals surface area contributed by atoms with Gasteiger partial charge in [0.25, 0.3) is 10.0 Å². The first-order chi connectivity index (χ1) is 15.6. The predicted octanol–water partition coefficient (Wildman–Crippen LogP) is 1.91. The molecular formula is C21H30Cl2N4O5S. The molecule has 12 heteroatoms. The molecule has 184 valence electrons. The molecule has 0 radical (unpaired) electrons. The van der Waals surface area contributed by atoms with Crippen LogP contribution in [0.3, 0.4) is 0 Å². The minimum atomic E-state index is -4.25. The highest BCUT2D eigenvalue weighted by atomic mass is 35.5. The predicted molar refractivity (Wildman–Crippen MR) is 126 cm³/mol. The molecule has 4 N–H and O–H groups in total. The first kappa shape index (κ1) is 26.0. The number of sulfonamides is 1. The Hall–Kier alpha value is -1.59. The molecule has 0 bridgehead atoms. The third-order valence-electron chi connectivity index (χ3n) is 5.99. The number of carbonyl (C=O) groups is 2. The summed E-state index contributed by atoms with van der Waals surface area (Å²) in [7, 11) is -4.25. The van der Waals surface area contributed by atoms with Gasteiger partial charge in [0, 0.05) is 18.9 Å². The SMILES string of the molecule is C[C@@H](CCC(=O)N([C@H]1CCNC1)S(=O)(=O)c1cc(Cl)c(OC2CCNCC2)c(Cl)c1)C(N)=O. The van der Waals surface area contributed by atoms with Crippen molar-refractivity contribution in [1.29, 1.82) is 0 Å². The minimum absolute atomic E-state index is 0.0684. The Morgan fingerprint density at radius 1 is 1.15 bits per heavy atom. The molecule has 33 heavy (non-hydrogen) atoms. The summed E-state index contributed by atoms with van der Waals surface area (Å²) < 4.78 is 34.0. The van der Waals surface area contributed by atoms with E-state index in [4.69, 9.17) is 33.7 Å². The Bertz CT molecular complexity index is 956. The van der Waals surface area contributed by atoms with Gasteiger partial charge in [-0.1, -0.05) is 30.1 Å². The van der Waals surface area contributed by atoms with Crippen molar-refractivity contribution in [2.24, 2.45) is 11.7 Å². The first-order valence-electron chi connectivity index (χ1n) is 11.0. The zero-order chi connectivity index (χ0) is 24.2. The number of halogens is 2. The minimum Gasteiger partial charge on any atom is -0.487 e. The van der Waals surface area contributed by atoms with Crippen molar-refractivity contribution in [2.45, 2.75) is 56.1 Å². The van der Waals surface area contributed by atoms with Gasteiger partial charge in [0.15, 0.2) is 5.75 Å². The van der Waals surface area contributed by atoms with Crippen LogP contribution in [0.2, 0.25) is 10.0 Å². The maximum absolute atomic E-state index is 13.6. The van der Waals surface area contributed by atoms with Crippen LogP contribution in [0, 0.1) is 5.92 Å². The number of benzene rings is 1. The Kier molecular flexibility index (Phi) is 8.85. The lowest BCUT2D eigenvalue weighted by Crippen LogP contribution is -2.45. The van der Waals surface area contributed by atoms with Crippen molar-refractivity contribution in [2.75, 3.05) is 26.2 Å². The van der Waals surface area contributed by atoms with E-state index in [1.165, 1.54) is 12.1 Å². The Balaban J connectivity index is 1.87. The molecule has 0 unspecified atom stereocenters. The van der Waals surface area contributed by atoms with E-state index in [9.17, 15) is 18.0 Å². The molecule has 2 heterocycles. The number of nitrogens with one attached hydrogen (secondary N) is 2. The number of hydrogen-bond donors (Lipinski definition) is 3. The maximum atomic E-state index is 13.6. The zero-order valence-corrected chi connectivity index (χ0v) is 20.8. The van der Waals surface area contributed by atoms with Crippen molar-refractivity contribution in [3.8, 4) is 5.75 Å². The monoisotopic (exact) mass is 520 g/mol. The second-order valence-electron chi connectivity index (χ2n) is 8.47. The summed E-state index contributed by atoms with van der Waals surface area (Å²) in [5.41, 5.74) is 5.27. The van der Waals surface area contributed by atoms with Crippen LogP contribution in [0.15, 0.2) is 17.0 Å². The lowest BCUT2D eigenvalue weighted by atomic mass is 10.0. The van der Waals surface area contributed by atoms with Gasteiger partial charge >= 0.3 is 0 Å². The number of nitrogens with zero attached hydrogens (tertiary/aromatic N) is 1. The zero-order valence-electron chi connectivity index (χ0n) is 18.5. The summed E-state index contributed by atoms with van der Waals surface area (Å²) in [5, 5.41) is 6.46. The van der Waals surface area contributed by atoms with Gasteiger partial charge in [0.2, 0.25) is 11.8 Å². The van der Waals surface area contributed by atoms with E-state index in [2.05, 4.69) is 10.6 Å². The highest BCUT2D eigenvalue weighted by Gasteiger charge is 2.38. The molecular weight excluding hydrogens is 491 g/mol. The van der Waals surface area contributed by atoms with Gasteiger partial charge in [-0.3, -0.25) is 9.59 Å². The van der Waals surface area contributed by atoms with Gasteiger partial charge < -0.3 is 21.1 Å². The largest absolute Gasteiger partial charge is 0.487 e. The van der Waals surface area contributed by atoms with Crippen molar-refractivity contribution >= 4 is 45.0 Å². The van der Waals surface area contributed by atoms with Crippen molar-refractivity contribution in [3.63, 3.8) is 0 Å². The van der Waals surface area contributed by atoms with Gasteiger partial charge in [-0.05, 0) is 57.5 Å². The lowest BCUT2D eigenvalue weighted by Gasteiger charge is -2.29. The maximum Gasteiger partial charge on any atom is 0.266 e. The van der Waals surface area contributed by atoms with Crippen molar-refractivity contribution in [1.82, 2.24) is 14.9 Å². The van der Waals surface area contributed by atoms with E-state index in [1.807, 2.05) is 0 Å². The molecule has 1 aromatic carbocycles. The van der Waals surface area contributed by atoms with Crippen LogP contribution in [0.5, 0.6) is 5.75 Å². The second kappa shape index (κ2) is 11.2. The normalized spacial score (nSPS) is 20.4. The first-order valence-corrected chi connectivity index (χ1v) is 13.2. The Morgan fingerprint density at radius 2 is 1.76 bits per heavy atom. The van der Waals surface area contributed by atoms with Gasteiger partial charge in [0.05, 0.1) is 21.0 Å². The van der Waals surface area contributed by atoms with Crippen LogP contribution in [-0.2, 0) is 19.6 Å². The van der Waals surface area contributed by atoms with Gasteiger partial charge in [-0.25, -0.2) is 12.7 Å². The number of amides is 2. The summed E-state index contributed by atoms with van der Waals surface area (Å²) >= 11 is 12.8. The molecule has 2 fully saturated rings. The van der Waals surface area contributed by atoms with Gasteiger partial charge in [-0.2, -0.15) is 0 Å². The number of carbonyl (C=O) groups excluding carboxylic acids is 2. The number of rotatable bonds is 9. The second-order valence-corrected chi connectivity index (χ2v) is 11.1. The number of primary amides is 1. The molecule has 0 spiro atoms. The summed E-state index contributed by atoms with van der Waals surface area (Å²) in [4.78, 5) is 24.2. The van der Waals surface area contributed by atoms with Crippen molar-refractivity contribution in [3.05, 3.63) is 22.2 Å². The fourth-order valence-electron chi connectivity index (χ4n) is 3.96. The molecule has 9 nitrogen and oxygen atoms in total. The standard InChI is InChI=1S/C21H30Cl2N4O5S/c1-13(21(24)29)2-3-19(28)27(14-4-7-26-12-14)33(30,31)16-10-17(22)20(18(23)11-16)32-15-5-8-25-9-6-15/h10-11,13-15,25-26H,2-9,12H2,1H3,(H2,24,29)/t13-,14-/m0/s1. The molecule has 2 aliphatic rings.